The Morgan fingerprint density at radius 1 is 1.23 bits per heavy atom. The maximum absolute atomic E-state index is 12.5. The normalized spacial score (nSPS) is 19.7. The predicted molar refractivity (Wildman–Crippen MR) is 94.9 cm³/mol. The van der Waals surface area contributed by atoms with Crippen molar-refractivity contribution < 1.29 is 4.79 Å². The summed E-state index contributed by atoms with van der Waals surface area (Å²) in [5.41, 5.74) is 2.61. The smallest absolute Gasteiger partial charge is 0.223 e. The Kier molecular flexibility index (Phi) is 7.37. The van der Waals surface area contributed by atoms with Crippen molar-refractivity contribution in [2.24, 2.45) is 0 Å². The van der Waals surface area contributed by atoms with Crippen molar-refractivity contribution in [3.8, 4) is 0 Å². The van der Waals surface area contributed by atoms with E-state index >= 15 is 0 Å². The Morgan fingerprint density at radius 3 is 2.36 bits per heavy atom. The number of carbonyl (C=O) groups excluding carboxylic acids is 1. The number of amides is 1. The van der Waals surface area contributed by atoms with Crippen LogP contribution in [0.25, 0.3) is 0 Å². The van der Waals surface area contributed by atoms with Crippen LogP contribution < -0.4 is 5.32 Å². The number of nitrogens with one attached hydrogen (secondary N) is 1. The SMILES string of the molecule is CC(C)c1ccc(C(C)CC(=O)N2CCNC[C@@H]2C)cc1.Cl. The van der Waals surface area contributed by atoms with Crippen molar-refractivity contribution in [2.75, 3.05) is 19.6 Å². The van der Waals surface area contributed by atoms with Crippen LogP contribution in [-0.2, 0) is 4.79 Å². The van der Waals surface area contributed by atoms with Gasteiger partial charge in [-0.05, 0) is 29.9 Å². The highest BCUT2D eigenvalue weighted by molar-refractivity contribution is 5.85. The van der Waals surface area contributed by atoms with E-state index in [1.54, 1.807) is 0 Å². The van der Waals surface area contributed by atoms with Crippen molar-refractivity contribution in [3.05, 3.63) is 35.4 Å². The summed E-state index contributed by atoms with van der Waals surface area (Å²) >= 11 is 0. The molecule has 3 nitrogen and oxygen atoms in total. The molecule has 0 spiro atoms. The van der Waals surface area contributed by atoms with Crippen LogP contribution in [0, 0.1) is 0 Å². The van der Waals surface area contributed by atoms with Crippen LogP contribution in [0.5, 0.6) is 0 Å². The highest BCUT2D eigenvalue weighted by Crippen LogP contribution is 2.23. The predicted octanol–water partition coefficient (Wildman–Crippen LogP) is 3.55. The van der Waals surface area contributed by atoms with Gasteiger partial charge in [-0.3, -0.25) is 4.79 Å². The van der Waals surface area contributed by atoms with Gasteiger partial charge >= 0.3 is 0 Å². The van der Waals surface area contributed by atoms with E-state index in [1.165, 1.54) is 11.1 Å². The van der Waals surface area contributed by atoms with Crippen molar-refractivity contribution in [1.29, 1.82) is 0 Å². The second-order valence-corrected chi connectivity index (χ2v) is 6.57. The van der Waals surface area contributed by atoms with Crippen LogP contribution in [0.15, 0.2) is 24.3 Å². The Morgan fingerprint density at radius 2 is 1.82 bits per heavy atom. The monoisotopic (exact) mass is 324 g/mol. The summed E-state index contributed by atoms with van der Waals surface area (Å²) in [6, 6.07) is 9.04. The highest BCUT2D eigenvalue weighted by Gasteiger charge is 2.24. The minimum Gasteiger partial charge on any atom is -0.337 e. The average molecular weight is 325 g/mol. The molecule has 0 bridgehead atoms. The van der Waals surface area contributed by atoms with Crippen LogP contribution in [0.4, 0.5) is 0 Å². The van der Waals surface area contributed by atoms with Gasteiger partial charge in [-0.1, -0.05) is 45.0 Å². The lowest BCUT2D eigenvalue weighted by atomic mass is 9.93. The molecule has 1 fully saturated rings. The summed E-state index contributed by atoms with van der Waals surface area (Å²) in [6.07, 6.45) is 0.603. The van der Waals surface area contributed by atoms with E-state index in [1.807, 2.05) is 4.90 Å². The Balaban J connectivity index is 0.00000242. The molecule has 2 rings (SSSR count). The van der Waals surface area contributed by atoms with E-state index in [0.717, 1.165) is 19.6 Å². The van der Waals surface area contributed by atoms with Gasteiger partial charge in [0.25, 0.3) is 0 Å². The van der Waals surface area contributed by atoms with Crippen molar-refractivity contribution in [2.45, 2.75) is 52.0 Å². The standard InChI is InChI=1S/C18H28N2O.ClH/c1-13(2)16-5-7-17(8-6-16)14(3)11-18(21)20-10-9-19-12-15(20)4;/h5-8,13-15,19H,9-12H2,1-4H3;1H/t14?,15-;/m0./s1. The van der Waals surface area contributed by atoms with Gasteiger partial charge in [-0.25, -0.2) is 0 Å². The molecule has 1 saturated heterocycles. The number of carbonyl (C=O) groups is 1. The van der Waals surface area contributed by atoms with Gasteiger partial charge in [-0.15, -0.1) is 12.4 Å². The minimum absolute atomic E-state index is 0. The molecule has 0 radical (unpaired) electrons. The second kappa shape index (κ2) is 8.54. The zero-order valence-corrected chi connectivity index (χ0v) is 15.0. The first kappa shape index (κ1) is 19.0. The van der Waals surface area contributed by atoms with E-state index in [-0.39, 0.29) is 24.2 Å². The van der Waals surface area contributed by atoms with E-state index in [4.69, 9.17) is 0 Å². The molecule has 2 atom stereocenters. The lowest BCUT2D eigenvalue weighted by Crippen LogP contribution is -2.52. The number of nitrogens with zero attached hydrogens (tertiary/aromatic N) is 1. The zero-order chi connectivity index (χ0) is 15.4. The zero-order valence-electron chi connectivity index (χ0n) is 14.1. The number of rotatable bonds is 4. The Bertz CT molecular complexity index is 472. The van der Waals surface area contributed by atoms with E-state index in [9.17, 15) is 4.79 Å². The van der Waals surface area contributed by atoms with E-state index < -0.39 is 0 Å². The molecule has 22 heavy (non-hydrogen) atoms. The molecule has 124 valence electrons. The second-order valence-electron chi connectivity index (χ2n) is 6.57. The molecule has 4 heteroatoms. The van der Waals surface area contributed by atoms with Gasteiger partial charge < -0.3 is 10.2 Å². The molecule has 0 saturated carbocycles. The number of piperazine rings is 1. The van der Waals surface area contributed by atoms with Crippen molar-refractivity contribution in [1.82, 2.24) is 10.2 Å². The number of halogens is 1. The van der Waals surface area contributed by atoms with E-state index in [2.05, 4.69) is 57.3 Å². The molecular weight excluding hydrogens is 296 g/mol. The van der Waals surface area contributed by atoms with Gasteiger partial charge in [0.2, 0.25) is 5.91 Å². The number of benzene rings is 1. The highest BCUT2D eigenvalue weighted by atomic mass is 35.5. The fourth-order valence-corrected chi connectivity index (χ4v) is 2.92. The molecule has 1 amide bonds. The molecule has 1 aromatic carbocycles. The first-order valence-electron chi connectivity index (χ1n) is 8.09. The summed E-state index contributed by atoms with van der Waals surface area (Å²) in [6.45, 7) is 11.3. The van der Waals surface area contributed by atoms with Crippen molar-refractivity contribution in [3.63, 3.8) is 0 Å². The van der Waals surface area contributed by atoms with E-state index in [0.29, 0.717) is 18.4 Å². The topological polar surface area (TPSA) is 32.3 Å². The van der Waals surface area contributed by atoms with Crippen LogP contribution in [0.3, 0.4) is 0 Å². The first-order valence-corrected chi connectivity index (χ1v) is 8.09. The third-order valence-electron chi connectivity index (χ3n) is 4.47. The van der Waals surface area contributed by atoms with Crippen molar-refractivity contribution >= 4 is 18.3 Å². The molecule has 1 unspecified atom stereocenters. The summed E-state index contributed by atoms with van der Waals surface area (Å²) in [4.78, 5) is 14.5. The fourth-order valence-electron chi connectivity index (χ4n) is 2.92. The molecule has 1 aromatic rings. The Labute approximate surface area is 140 Å². The maximum atomic E-state index is 12.5. The minimum atomic E-state index is 0. The third-order valence-corrected chi connectivity index (χ3v) is 4.47. The molecular formula is C18H29ClN2O. The Hall–Kier alpha value is -1.06. The summed E-state index contributed by atoms with van der Waals surface area (Å²) < 4.78 is 0. The average Bonchev–Trinajstić information content (AvgIpc) is 2.47. The quantitative estimate of drug-likeness (QED) is 0.918. The number of hydrogen-bond donors (Lipinski definition) is 1. The molecule has 0 aromatic heterocycles. The third kappa shape index (κ3) is 4.72. The molecule has 1 N–H and O–H groups in total. The molecule has 1 aliphatic heterocycles. The van der Waals surface area contributed by atoms with Gasteiger partial charge in [0.05, 0.1) is 0 Å². The summed E-state index contributed by atoms with van der Waals surface area (Å²) in [5, 5.41) is 3.33. The molecule has 0 aliphatic carbocycles. The summed E-state index contributed by atoms with van der Waals surface area (Å²) in [5.74, 6) is 1.11. The van der Waals surface area contributed by atoms with Gasteiger partial charge in [0.15, 0.2) is 0 Å². The van der Waals surface area contributed by atoms with Crippen LogP contribution >= 0.6 is 12.4 Å². The summed E-state index contributed by atoms with van der Waals surface area (Å²) in [7, 11) is 0. The van der Waals surface area contributed by atoms with Gasteiger partial charge in [-0.2, -0.15) is 0 Å². The largest absolute Gasteiger partial charge is 0.337 e. The van der Waals surface area contributed by atoms with Crippen LogP contribution in [0.2, 0.25) is 0 Å². The number of hydrogen-bond acceptors (Lipinski definition) is 2. The van der Waals surface area contributed by atoms with Crippen LogP contribution in [-0.4, -0.2) is 36.5 Å². The lowest BCUT2D eigenvalue weighted by molar-refractivity contribution is -0.134. The van der Waals surface area contributed by atoms with Gasteiger partial charge in [0.1, 0.15) is 0 Å². The van der Waals surface area contributed by atoms with Crippen LogP contribution in [0.1, 0.15) is 57.1 Å². The fraction of sp³-hybridized carbons (Fsp3) is 0.611. The van der Waals surface area contributed by atoms with Gasteiger partial charge in [0, 0.05) is 32.1 Å². The first-order chi connectivity index (χ1) is 9.99. The molecule has 1 heterocycles. The lowest BCUT2D eigenvalue weighted by Gasteiger charge is -2.34. The molecule has 1 aliphatic rings. The maximum Gasteiger partial charge on any atom is 0.223 e.